The molecule has 0 aromatic heterocycles. The van der Waals surface area contributed by atoms with Crippen LogP contribution in [0, 0.1) is 6.92 Å². The van der Waals surface area contributed by atoms with E-state index in [-0.39, 0.29) is 6.42 Å². The zero-order chi connectivity index (χ0) is 11.1. The van der Waals surface area contributed by atoms with E-state index in [2.05, 4.69) is 30.4 Å². The van der Waals surface area contributed by atoms with E-state index < -0.39 is 5.97 Å². The SMILES string of the molecule is Cc1cccc(C[NH2+]CCCC(=O)[O-])c1. The van der Waals surface area contributed by atoms with E-state index in [1.807, 2.05) is 6.07 Å². The summed E-state index contributed by atoms with van der Waals surface area (Å²) in [5.41, 5.74) is 2.54. The number of hydrogen-bond acceptors (Lipinski definition) is 2. The van der Waals surface area contributed by atoms with Crippen molar-refractivity contribution in [3.05, 3.63) is 35.4 Å². The predicted molar refractivity (Wildman–Crippen MR) is 55.9 cm³/mol. The van der Waals surface area contributed by atoms with E-state index in [0.29, 0.717) is 6.42 Å². The van der Waals surface area contributed by atoms with Gasteiger partial charge in [-0.3, -0.25) is 0 Å². The van der Waals surface area contributed by atoms with Gasteiger partial charge in [0, 0.05) is 18.0 Å². The Morgan fingerprint density at radius 2 is 2.27 bits per heavy atom. The number of carbonyl (C=O) groups is 1. The van der Waals surface area contributed by atoms with Crippen molar-refractivity contribution in [2.75, 3.05) is 6.54 Å². The van der Waals surface area contributed by atoms with E-state index >= 15 is 0 Å². The number of hydrogen-bond donors (Lipinski definition) is 1. The molecule has 0 bridgehead atoms. The lowest BCUT2D eigenvalue weighted by molar-refractivity contribution is -0.670. The number of benzene rings is 1. The Hall–Kier alpha value is -1.35. The van der Waals surface area contributed by atoms with Crippen molar-refractivity contribution in [1.29, 1.82) is 0 Å². The molecule has 1 aromatic carbocycles. The molecule has 0 aliphatic carbocycles. The van der Waals surface area contributed by atoms with Crippen LogP contribution in [0.25, 0.3) is 0 Å². The number of aliphatic carboxylic acids is 1. The molecule has 0 unspecified atom stereocenters. The second-order valence-electron chi connectivity index (χ2n) is 3.75. The molecular formula is C12H17NO2. The van der Waals surface area contributed by atoms with Gasteiger partial charge in [-0.05, 0) is 13.3 Å². The fraction of sp³-hybridized carbons (Fsp3) is 0.417. The number of quaternary nitrogens is 1. The first-order chi connectivity index (χ1) is 7.18. The Bertz CT molecular complexity index is 323. The first-order valence-corrected chi connectivity index (χ1v) is 5.25. The molecule has 82 valence electrons. The van der Waals surface area contributed by atoms with E-state index in [1.165, 1.54) is 11.1 Å². The summed E-state index contributed by atoms with van der Waals surface area (Å²) in [5.74, 6) is -0.959. The molecule has 0 heterocycles. The Balaban J connectivity index is 2.17. The summed E-state index contributed by atoms with van der Waals surface area (Å²) in [7, 11) is 0. The van der Waals surface area contributed by atoms with Gasteiger partial charge < -0.3 is 15.2 Å². The molecule has 0 amide bonds. The van der Waals surface area contributed by atoms with Crippen molar-refractivity contribution >= 4 is 5.97 Å². The van der Waals surface area contributed by atoms with Crippen LogP contribution >= 0.6 is 0 Å². The average Bonchev–Trinajstić information content (AvgIpc) is 2.17. The van der Waals surface area contributed by atoms with Crippen LogP contribution in [0.5, 0.6) is 0 Å². The summed E-state index contributed by atoms with van der Waals surface area (Å²) in [6.45, 7) is 3.82. The van der Waals surface area contributed by atoms with Gasteiger partial charge in [-0.15, -0.1) is 0 Å². The fourth-order valence-electron chi connectivity index (χ4n) is 1.50. The molecule has 0 atom stereocenters. The highest BCUT2D eigenvalue weighted by Gasteiger charge is 1.96. The summed E-state index contributed by atoms with van der Waals surface area (Å²) in [5, 5.41) is 12.3. The Labute approximate surface area is 90.1 Å². The maximum atomic E-state index is 10.2. The molecule has 1 aromatic rings. The molecule has 0 fully saturated rings. The van der Waals surface area contributed by atoms with E-state index in [0.717, 1.165) is 13.1 Å². The molecule has 0 aliphatic heterocycles. The lowest BCUT2D eigenvalue weighted by Crippen LogP contribution is -2.82. The second-order valence-corrected chi connectivity index (χ2v) is 3.75. The highest BCUT2D eigenvalue weighted by atomic mass is 16.4. The molecule has 0 radical (unpaired) electrons. The predicted octanol–water partition coefficient (Wildman–Crippen LogP) is -0.411. The van der Waals surface area contributed by atoms with Crippen LogP contribution < -0.4 is 10.4 Å². The zero-order valence-electron chi connectivity index (χ0n) is 9.03. The second kappa shape index (κ2) is 6.19. The molecule has 2 N–H and O–H groups in total. The van der Waals surface area contributed by atoms with Gasteiger partial charge in [0.1, 0.15) is 6.54 Å². The van der Waals surface area contributed by atoms with Crippen LogP contribution in [0.4, 0.5) is 0 Å². The van der Waals surface area contributed by atoms with Crippen LogP contribution in [0.1, 0.15) is 24.0 Å². The molecule has 0 saturated heterocycles. The first kappa shape index (κ1) is 11.7. The quantitative estimate of drug-likeness (QED) is 0.645. The largest absolute Gasteiger partial charge is 0.550 e. The summed E-state index contributed by atoms with van der Waals surface area (Å²) in [6, 6.07) is 8.34. The van der Waals surface area contributed by atoms with Gasteiger partial charge >= 0.3 is 0 Å². The number of aryl methyl sites for hydroxylation is 1. The Morgan fingerprint density at radius 1 is 1.47 bits per heavy atom. The smallest absolute Gasteiger partial charge is 0.101 e. The third kappa shape index (κ3) is 5.18. The van der Waals surface area contributed by atoms with Gasteiger partial charge in [-0.2, -0.15) is 0 Å². The number of carbonyl (C=O) groups excluding carboxylic acids is 1. The highest BCUT2D eigenvalue weighted by Crippen LogP contribution is 2.01. The van der Waals surface area contributed by atoms with Crippen LogP contribution in [-0.4, -0.2) is 12.5 Å². The third-order valence-electron chi connectivity index (χ3n) is 2.25. The molecule has 1 rings (SSSR count). The van der Waals surface area contributed by atoms with Crippen molar-refractivity contribution in [2.24, 2.45) is 0 Å². The summed E-state index contributed by atoms with van der Waals surface area (Å²) in [6.07, 6.45) is 0.832. The minimum Gasteiger partial charge on any atom is -0.550 e. The monoisotopic (exact) mass is 207 g/mol. The molecule has 15 heavy (non-hydrogen) atoms. The number of carboxylic acid groups (broad SMARTS) is 1. The van der Waals surface area contributed by atoms with Crippen LogP contribution in [-0.2, 0) is 11.3 Å². The van der Waals surface area contributed by atoms with E-state index in [4.69, 9.17) is 0 Å². The lowest BCUT2D eigenvalue weighted by Gasteiger charge is -2.03. The normalized spacial score (nSPS) is 10.2. The van der Waals surface area contributed by atoms with Gasteiger partial charge in [-0.25, -0.2) is 0 Å². The summed E-state index contributed by atoms with van der Waals surface area (Å²) >= 11 is 0. The minimum absolute atomic E-state index is 0.157. The van der Waals surface area contributed by atoms with Gasteiger partial charge in [0.05, 0.1) is 6.54 Å². The number of rotatable bonds is 6. The molecule has 3 heteroatoms. The molecular weight excluding hydrogens is 190 g/mol. The van der Waals surface area contributed by atoms with Gasteiger partial charge in [0.2, 0.25) is 0 Å². The van der Waals surface area contributed by atoms with Crippen molar-refractivity contribution in [1.82, 2.24) is 0 Å². The number of carboxylic acids is 1. The van der Waals surface area contributed by atoms with Crippen molar-refractivity contribution < 1.29 is 15.2 Å². The van der Waals surface area contributed by atoms with Gasteiger partial charge in [0.25, 0.3) is 0 Å². The average molecular weight is 207 g/mol. The third-order valence-corrected chi connectivity index (χ3v) is 2.25. The van der Waals surface area contributed by atoms with Crippen molar-refractivity contribution in [2.45, 2.75) is 26.3 Å². The van der Waals surface area contributed by atoms with Crippen LogP contribution in [0.15, 0.2) is 24.3 Å². The minimum atomic E-state index is -0.959. The van der Waals surface area contributed by atoms with Gasteiger partial charge in [-0.1, -0.05) is 29.8 Å². The maximum Gasteiger partial charge on any atom is 0.101 e. The van der Waals surface area contributed by atoms with Crippen molar-refractivity contribution in [3.63, 3.8) is 0 Å². The van der Waals surface area contributed by atoms with Crippen molar-refractivity contribution in [3.8, 4) is 0 Å². The van der Waals surface area contributed by atoms with Crippen LogP contribution in [0.2, 0.25) is 0 Å². The van der Waals surface area contributed by atoms with Gasteiger partial charge in [0.15, 0.2) is 0 Å². The topological polar surface area (TPSA) is 56.7 Å². The summed E-state index contributed by atoms with van der Waals surface area (Å²) in [4.78, 5) is 10.2. The summed E-state index contributed by atoms with van der Waals surface area (Å²) < 4.78 is 0. The Morgan fingerprint density at radius 3 is 2.93 bits per heavy atom. The molecule has 0 saturated carbocycles. The Kier molecular flexibility index (Phi) is 4.84. The lowest BCUT2D eigenvalue weighted by atomic mass is 10.1. The molecule has 3 nitrogen and oxygen atoms in total. The van der Waals surface area contributed by atoms with E-state index in [1.54, 1.807) is 0 Å². The highest BCUT2D eigenvalue weighted by molar-refractivity contribution is 5.64. The van der Waals surface area contributed by atoms with Crippen LogP contribution in [0.3, 0.4) is 0 Å². The maximum absolute atomic E-state index is 10.2. The number of nitrogens with two attached hydrogens (primary N) is 1. The molecule has 0 aliphatic rings. The standard InChI is InChI=1S/C12H17NO2/c1-10-4-2-5-11(8-10)9-13-7-3-6-12(14)15/h2,4-5,8,13H,3,6-7,9H2,1H3,(H,14,15). The van der Waals surface area contributed by atoms with E-state index in [9.17, 15) is 9.90 Å². The fourth-order valence-corrected chi connectivity index (χ4v) is 1.50. The first-order valence-electron chi connectivity index (χ1n) is 5.25. The molecule has 0 spiro atoms. The zero-order valence-corrected chi connectivity index (χ0v) is 9.03.